The van der Waals surface area contributed by atoms with E-state index in [0.29, 0.717) is 37.0 Å². The molecule has 0 spiro atoms. The Morgan fingerprint density at radius 1 is 1.24 bits per heavy atom. The van der Waals surface area contributed by atoms with Gasteiger partial charge in [0.15, 0.2) is 0 Å². The molecule has 2 fully saturated rings. The number of carbonyl (C=O) groups is 1. The van der Waals surface area contributed by atoms with Crippen LogP contribution in [0.1, 0.15) is 60.4 Å². The van der Waals surface area contributed by atoms with E-state index in [0.717, 1.165) is 47.2 Å². The van der Waals surface area contributed by atoms with Gasteiger partial charge in [0.05, 0.1) is 6.61 Å². The van der Waals surface area contributed by atoms with Crippen LogP contribution in [0.25, 0.3) is 5.57 Å². The Labute approximate surface area is 203 Å². The lowest BCUT2D eigenvalue weighted by atomic mass is 9.94. The Balaban J connectivity index is 1.54. The fourth-order valence-electron chi connectivity index (χ4n) is 4.19. The largest absolute Gasteiger partial charge is 0.381 e. The van der Waals surface area contributed by atoms with Crippen LogP contribution in [0.2, 0.25) is 5.02 Å². The van der Waals surface area contributed by atoms with Gasteiger partial charge in [-0.25, -0.2) is 9.86 Å². The van der Waals surface area contributed by atoms with E-state index in [-0.39, 0.29) is 17.9 Å². The molecule has 8 nitrogen and oxygen atoms in total. The van der Waals surface area contributed by atoms with Crippen LogP contribution >= 0.6 is 11.6 Å². The Kier molecular flexibility index (Phi) is 7.57. The lowest BCUT2D eigenvalue weighted by molar-refractivity contribution is -0.119. The van der Waals surface area contributed by atoms with Crippen molar-refractivity contribution in [3.63, 3.8) is 0 Å². The van der Waals surface area contributed by atoms with Gasteiger partial charge >= 0.3 is 0 Å². The molecule has 2 heterocycles. The first kappa shape index (κ1) is 24.7. The molecular weight excluding hydrogens is 478 g/mol. The summed E-state index contributed by atoms with van der Waals surface area (Å²) in [5, 5.41) is 5.35. The quantitative estimate of drug-likeness (QED) is 0.482. The number of nitrogens with one attached hydrogen (secondary N) is 2. The number of pyridine rings is 1. The Morgan fingerprint density at radius 2 is 2.03 bits per heavy atom. The van der Waals surface area contributed by atoms with Crippen molar-refractivity contribution < 1.29 is 17.9 Å². The van der Waals surface area contributed by atoms with E-state index in [9.17, 15) is 18.0 Å². The van der Waals surface area contributed by atoms with Crippen molar-refractivity contribution >= 4 is 33.3 Å². The van der Waals surface area contributed by atoms with Crippen LogP contribution in [0.5, 0.6) is 0 Å². The van der Waals surface area contributed by atoms with Gasteiger partial charge in [0.25, 0.3) is 15.8 Å². The van der Waals surface area contributed by atoms with Crippen molar-refractivity contribution in [1.29, 1.82) is 0 Å². The van der Waals surface area contributed by atoms with Gasteiger partial charge in [-0.2, -0.15) is 8.42 Å². The monoisotopic (exact) mass is 505 g/mol. The van der Waals surface area contributed by atoms with Crippen molar-refractivity contribution in [2.45, 2.75) is 44.4 Å². The molecule has 4 N–H and O–H groups in total. The van der Waals surface area contributed by atoms with Gasteiger partial charge in [0.2, 0.25) is 5.91 Å². The summed E-state index contributed by atoms with van der Waals surface area (Å²) in [6.07, 6.45) is 6.10. The van der Waals surface area contributed by atoms with Crippen molar-refractivity contribution in [3.05, 3.63) is 74.2 Å². The molecule has 1 atom stereocenters. The number of aromatic amines is 1. The predicted molar refractivity (Wildman–Crippen MR) is 131 cm³/mol. The predicted octanol–water partition coefficient (Wildman–Crippen LogP) is 3.02. The maximum Gasteiger partial charge on any atom is 0.298 e. The molecule has 1 saturated heterocycles. The minimum atomic E-state index is -4.05. The van der Waals surface area contributed by atoms with Crippen LogP contribution < -0.4 is 15.4 Å². The highest BCUT2D eigenvalue weighted by molar-refractivity contribution is 7.87. The molecule has 1 aliphatic heterocycles. The average molecular weight is 506 g/mol. The van der Waals surface area contributed by atoms with Crippen LogP contribution in [0, 0.1) is 5.92 Å². The standard InChI is InChI=1S/C24H28ClN3O5S/c25-21-13-18(7-6-17(21)2-1-3-23(29)28-34(26,31)32)20(12-15-10-11-33-14-15)22-9-8-19(16-4-5-16)24(30)27-22/h6-9,12-13,15-16H,1-5,10-11,14H2,(H,27,30)(H,28,29)(H2,26,31,32)/b20-12+. The van der Waals surface area contributed by atoms with Crippen LogP contribution in [0.3, 0.4) is 0 Å². The lowest BCUT2D eigenvalue weighted by Gasteiger charge is -2.14. The van der Waals surface area contributed by atoms with Gasteiger partial charge in [0.1, 0.15) is 0 Å². The van der Waals surface area contributed by atoms with Crippen LogP contribution in [0.4, 0.5) is 0 Å². The van der Waals surface area contributed by atoms with E-state index in [1.54, 1.807) is 4.72 Å². The summed E-state index contributed by atoms with van der Waals surface area (Å²) in [6.45, 7) is 1.35. The first-order chi connectivity index (χ1) is 16.2. The SMILES string of the molecule is NS(=O)(=O)NC(=O)CCCc1ccc(/C(=C\C2CCOC2)c2ccc(C3CC3)c(=O)[nH]2)cc1Cl. The Bertz CT molecular complexity index is 1260. The third-order valence-electron chi connectivity index (χ3n) is 6.08. The average Bonchev–Trinajstić information content (AvgIpc) is 3.47. The normalized spacial score (nSPS) is 18.8. The molecule has 4 rings (SSSR count). The molecule has 0 radical (unpaired) electrons. The number of rotatable bonds is 9. The number of ether oxygens (including phenoxy) is 1. The lowest BCUT2D eigenvalue weighted by Crippen LogP contribution is -2.35. The third kappa shape index (κ3) is 6.56. The van der Waals surface area contributed by atoms with Gasteiger partial charge in [-0.1, -0.05) is 35.9 Å². The number of hydrogen-bond acceptors (Lipinski definition) is 5. The topological polar surface area (TPSA) is 131 Å². The van der Waals surface area contributed by atoms with E-state index in [2.05, 4.69) is 11.1 Å². The fraction of sp³-hybridized carbons (Fsp3) is 0.417. The number of benzene rings is 1. The van der Waals surface area contributed by atoms with E-state index < -0.39 is 16.1 Å². The number of H-pyrrole nitrogens is 1. The van der Waals surface area contributed by atoms with E-state index in [4.69, 9.17) is 21.5 Å². The van der Waals surface area contributed by atoms with Gasteiger partial charge in [0, 0.05) is 40.8 Å². The van der Waals surface area contributed by atoms with Gasteiger partial charge in [-0.3, -0.25) is 9.59 Å². The summed E-state index contributed by atoms with van der Waals surface area (Å²) < 4.78 is 29.1. The smallest absolute Gasteiger partial charge is 0.298 e. The minimum absolute atomic E-state index is 0.00984. The molecule has 1 aromatic heterocycles. The highest BCUT2D eigenvalue weighted by atomic mass is 35.5. The van der Waals surface area contributed by atoms with Crippen LogP contribution in [-0.2, 0) is 26.2 Å². The maximum atomic E-state index is 12.7. The van der Waals surface area contributed by atoms with Crippen molar-refractivity contribution in [1.82, 2.24) is 9.71 Å². The van der Waals surface area contributed by atoms with E-state index in [1.807, 2.05) is 30.3 Å². The number of halogens is 1. The van der Waals surface area contributed by atoms with E-state index >= 15 is 0 Å². The molecule has 2 aliphatic rings. The second kappa shape index (κ2) is 10.4. The summed E-state index contributed by atoms with van der Waals surface area (Å²) in [5.41, 5.74) is 4.15. The van der Waals surface area contributed by atoms with Crippen molar-refractivity contribution in [2.75, 3.05) is 13.2 Å². The van der Waals surface area contributed by atoms with Crippen molar-refractivity contribution in [3.8, 4) is 0 Å². The number of carbonyl (C=O) groups excluding carboxylic acids is 1. The molecule has 1 amide bonds. The molecule has 182 valence electrons. The zero-order chi connectivity index (χ0) is 24.3. The molecule has 1 saturated carbocycles. The van der Waals surface area contributed by atoms with Crippen LogP contribution in [0.15, 0.2) is 41.2 Å². The summed E-state index contributed by atoms with van der Waals surface area (Å²) in [5.74, 6) is -0.0375. The number of hydrogen-bond donors (Lipinski definition) is 3. The van der Waals surface area contributed by atoms with Gasteiger partial charge in [-0.05, 0) is 61.3 Å². The Morgan fingerprint density at radius 3 is 2.65 bits per heavy atom. The van der Waals surface area contributed by atoms with Gasteiger partial charge < -0.3 is 9.72 Å². The number of amides is 1. The molecular formula is C24H28ClN3O5S. The number of aryl methyl sites for hydroxylation is 1. The molecule has 10 heteroatoms. The summed E-state index contributed by atoms with van der Waals surface area (Å²) in [4.78, 5) is 27.4. The highest BCUT2D eigenvalue weighted by Gasteiger charge is 2.26. The number of nitrogens with two attached hydrogens (primary N) is 1. The first-order valence-electron chi connectivity index (χ1n) is 11.3. The molecule has 0 bridgehead atoms. The third-order valence-corrected chi connectivity index (χ3v) is 6.95. The molecule has 1 aliphatic carbocycles. The summed E-state index contributed by atoms with van der Waals surface area (Å²) >= 11 is 6.57. The van der Waals surface area contributed by atoms with Gasteiger partial charge in [-0.15, -0.1) is 0 Å². The zero-order valence-electron chi connectivity index (χ0n) is 18.7. The summed E-state index contributed by atoms with van der Waals surface area (Å²) in [6, 6.07) is 9.58. The van der Waals surface area contributed by atoms with Crippen molar-refractivity contribution in [2.24, 2.45) is 11.1 Å². The molecule has 1 aromatic carbocycles. The highest BCUT2D eigenvalue weighted by Crippen LogP contribution is 2.38. The first-order valence-corrected chi connectivity index (χ1v) is 13.3. The molecule has 2 aromatic rings. The molecule has 1 unspecified atom stereocenters. The fourth-order valence-corrected chi connectivity index (χ4v) is 4.88. The minimum Gasteiger partial charge on any atom is -0.381 e. The zero-order valence-corrected chi connectivity index (χ0v) is 20.3. The molecule has 34 heavy (non-hydrogen) atoms. The van der Waals surface area contributed by atoms with E-state index in [1.165, 1.54) is 0 Å². The van der Waals surface area contributed by atoms with Crippen LogP contribution in [-0.4, -0.2) is 32.5 Å². The second-order valence-corrected chi connectivity index (χ2v) is 10.6. The second-order valence-electron chi connectivity index (χ2n) is 8.86. The Hall–Kier alpha value is -2.46. The number of aromatic nitrogens is 1. The summed E-state index contributed by atoms with van der Waals surface area (Å²) in [7, 11) is -4.05. The maximum absolute atomic E-state index is 12.7.